The lowest BCUT2D eigenvalue weighted by Gasteiger charge is -2.21. The van der Waals surface area contributed by atoms with Crippen molar-refractivity contribution < 1.29 is 9.90 Å². The first-order valence-electron chi connectivity index (χ1n) is 6.86. The number of hydrogen-bond donors (Lipinski definition) is 1. The molecule has 0 unspecified atom stereocenters. The summed E-state index contributed by atoms with van der Waals surface area (Å²) in [5.74, 6) is -0.767. The topological polar surface area (TPSA) is 43.8 Å². The van der Waals surface area contributed by atoms with Gasteiger partial charge >= 0.3 is 5.97 Å². The second kappa shape index (κ2) is 7.20. The molecule has 0 saturated heterocycles. The highest BCUT2D eigenvalue weighted by Gasteiger charge is 2.17. The minimum atomic E-state index is -0.767. The molecule has 1 aromatic rings. The molecule has 0 aromatic carbocycles. The summed E-state index contributed by atoms with van der Waals surface area (Å²) in [6.45, 7) is 9.03. The zero-order chi connectivity index (χ0) is 15.3. The number of rotatable bonds is 7. The number of carbonyl (C=O) groups is 1. The highest BCUT2D eigenvalue weighted by atomic mass is 32.1. The summed E-state index contributed by atoms with van der Waals surface area (Å²) in [5.41, 5.74) is 0.157. The Hall–Kier alpha value is -0.910. The van der Waals surface area contributed by atoms with E-state index < -0.39 is 5.97 Å². The fraction of sp³-hybridized carbons (Fsp3) is 0.667. The van der Waals surface area contributed by atoms with Gasteiger partial charge < -0.3 is 10.0 Å². The van der Waals surface area contributed by atoms with Crippen molar-refractivity contribution >= 4 is 17.3 Å². The summed E-state index contributed by atoms with van der Waals surface area (Å²) in [6.07, 6.45) is 0. The molecule has 0 bridgehead atoms. The number of thiophene rings is 1. The van der Waals surface area contributed by atoms with Crippen molar-refractivity contribution in [3.05, 3.63) is 21.9 Å². The molecule has 1 N–H and O–H groups in total. The van der Waals surface area contributed by atoms with Crippen LogP contribution in [0.1, 0.15) is 30.5 Å². The van der Waals surface area contributed by atoms with Gasteiger partial charge in [0.25, 0.3) is 0 Å². The van der Waals surface area contributed by atoms with E-state index in [0.29, 0.717) is 6.54 Å². The molecule has 114 valence electrons. The smallest absolute Gasteiger partial charge is 0.317 e. The highest BCUT2D eigenvalue weighted by Crippen LogP contribution is 2.29. The highest BCUT2D eigenvalue weighted by molar-refractivity contribution is 7.12. The molecular formula is C15H26N2O2S. The number of nitrogens with zero attached hydrogens (tertiary/aromatic N) is 2. The van der Waals surface area contributed by atoms with Crippen LogP contribution in [-0.4, -0.2) is 54.6 Å². The van der Waals surface area contributed by atoms with Crippen LogP contribution < -0.4 is 0 Å². The minimum Gasteiger partial charge on any atom is -0.480 e. The fourth-order valence-corrected chi connectivity index (χ4v) is 2.94. The Balaban J connectivity index is 2.68. The van der Waals surface area contributed by atoms with Crippen molar-refractivity contribution in [2.24, 2.45) is 0 Å². The van der Waals surface area contributed by atoms with Crippen LogP contribution in [0.25, 0.3) is 0 Å². The van der Waals surface area contributed by atoms with E-state index in [2.05, 4.69) is 37.8 Å². The lowest BCUT2D eigenvalue weighted by Crippen LogP contribution is -2.34. The van der Waals surface area contributed by atoms with Crippen molar-refractivity contribution in [1.82, 2.24) is 9.80 Å². The average Bonchev–Trinajstić information content (AvgIpc) is 2.73. The van der Waals surface area contributed by atoms with Crippen LogP contribution in [0, 0.1) is 0 Å². The van der Waals surface area contributed by atoms with E-state index in [1.54, 1.807) is 11.3 Å². The number of hydrogen-bond acceptors (Lipinski definition) is 4. The maximum Gasteiger partial charge on any atom is 0.317 e. The van der Waals surface area contributed by atoms with Gasteiger partial charge in [0.2, 0.25) is 0 Å². The normalized spacial score (nSPS) is 12.3. The fourth-order valence-electron chi connectivity index (χ4n) is 1.83. The number of likely N-dealkylation sites (N-methyl/N-ethyl adjacent to an activating group) is 1. The van der Waals surface area contributed by atoms with Crippen molar-refractivity contribution in [2.45, 2.75) is 32.7 Å². The van der Waals surface area contributed by atoms with Crippen LogP contribution in [0.3, 0.4) is 0 Å². The Labute approximate surface area is 126 Å². The van der Waals surface area contributed by atoms with E-state index in [4.69, 9.17) is 5.11 Å². The molecule has 0 aliphatic heterocycles. The van der Waals surface area contributed by atoms with E-state index in [-0.39, 0.29) is 12.0 Å². The van der Waals surface area contributed by atoms with Crippen LogP contribution in [0.4, 0.5) is 0 Å². The molecule has 5 heteroatoms. The average molecular weight is 298 g/mol. The quantitative estimate of drug-likeness (QED) is 0.840. The van der Waals surface area contributed by atoms with Gasteiger partial charge in [-0.15, -0.1) is 11.3 Å². The summed E-state index contributed by atoms with van der Waals surface area (Å²) in [7, 11) is 4.00. The van der Waals surface area contributed by atoms with Gasteiger partial charge in [-0.25, -0.2) is 0 Å². The molecule has 0 spiro atoms. The third-order valence-corrected chi connectivity index (χ3v) is 4.50. The molecule has 4 nitrogen and oxygen atoms in total. The monoisotopic (exact) mass is 298 g/mol. The Kier molecular flexibility index (Phi) is 6.17. The first-order chi connectivity index (χ1) is 9.18. The van der Waals surface area contributed by atoms with Gasteiger partial charge in [-0.05, 0) is 31.6 Å². The third-order valence-electron chi connectivity index (χ3n) is 3.00. The number of carboxylic acid groups (broad SMARTS) is 1. The van der Waals surface area contributed by atoms with Crippen molar-refractivity contribution in [1.29, 1.82) is 0 Å². The Morgan fingerprint density at radius 3 is 2.35 bits per heavy atom. The Morgan fingerprint density at radius 1 is 1.25 bits per heavy atom. The molecule has 0 aliphatic rings. The zero-order valence-corrected chi connectivity index (χ0v) is 14.0. The van der Waals surface area contributed by atoms with Gasteiger partial charge in [-0.3, -0.25) is 9.69 Å². The first-order valence-corrected chi connectivity index (χ1v) is 7.68. The van der Waals surface area contributed by atoms with E-state index in [1.807, 2.05) is 19.0 Å². The molecule has 0 fully saturated rings. The maximum absolute atomic E-state index is 11.0. The molecule has 1 rings (SSSR count). The molecular weight excluding hydrogens is 272 g/mol. The molecule has 20 heavy (non-hydrogen) atoms. The molecule has 0 aliphatic carbocycles. The van der Waals surface area contributed by atoms with Crippen molar-refractivity contribution in [2.75, 3.05) is 33.7 Å². The van der Waals surface area contributed by atoms with Crippen LogP contribution in [0.5, 0.6) is 0 Å². The lowest BCUT2D eigenvalue weighted by atomic mass is 9.95. The summed E-state index contributed by atoms with van der Waals surface area (Å²) in [4.78, 5) is 17.6. The molecule has 0 atom stereocenters. The summed E-state index contributed by atoms with van der Waals surface area (Å²) in [6, 6.07) is 4.28. The predicted octanol–water partition coefficient (Wildman–Crippen LogP) is 2.49. The van der Waals surface area contributed by atoms with Crippen molar-refractivity contribution in [3.8, 4) is 0 Å². The summed E-state index contributed by atoms with van der Waals surface area (Å²) < 4.78 is 0. The van der Waals surface area contributed by atoms with Crippen LogP contribution in [0.2, 0.25) is 0 Å². The van der Waals surface area contributed by atoms with Crippen molar-refractivity contribution in [3.63, 3.8) is 0 Å². The molecule has 0 radical (unpaired) electrons. The van der Waals surface area contributed by atoms with Crippen LogP contribution in [-0.2, 0) is 16.8 Å². The Bertz CT molecular complexity index is 435. The van der Waals surface area contributed by atoms with Crippen LogP contribution >= 0.6 is 11.3 Å². The zero-order valence-electron chi connectivity index (χ0n) is 13.1. The molecule has 0 saturated carbocycles. The van der Waals surface area contributed by atoms with E-state index in [9.17, 15) is 4.79 Å². The lowest BCUT2D eigenvalue weighted by molar-refractivity contribution is -0.138. The predicted molar refractivity (Wildman–Crippen MR) is 84.5 cm³/mol. The largest absolute Gasteiger partial charge is 0.480 e. The maximum atomic E-state index is 11.0. The Morgan fingerprint density at radius 2 is 1.90 bits per heavy atom. The molecule has 0 amide bonds. The van der Waals surface area contributed by atoms with Gasteiger partial charge in [0, 0.05) is 29.4 Å². The van der Waals surface area contributed by atoms with E-state index in [1.165, 1.54) is 9.75 Å². The summed E-state index contributed by atoms with van der Waals surface area (Å²) in [5, 5.41) is 9.01. The third kappa shape index (κ3) is 6.03. The SMILES string of the molecule is CN(C)CCN(CC(=O)O)Cc1ccc(C(C)(C)C)s1. The van der Waals surface area contributed by atoms with Gasteiger partial charge in [-0.1, -0.05) is 20.8 Å². The van der Waals surface area contributed by atoms with Gasteiger partial charge in [0.05, 0.1) is 6.54 Å². The summed E-state index contributed by atoms with van der Waals surface area (Å²) >= 11 is 1.78. The number of aliphatic carboxylic acids is 1. The second-order valence-corrected chi connectivity index (χ2v) is 7.59. The first kappa shape index (κ1) is 17.1. The van der Waals surface area contributed by atoms with Crippen LogP contribution in [0.15, 0.2) is 12.1 Å². The minimum absolute atomic E-state index is 0.0938. The molecule has 1 heterocycles. The standard InChI is InChI=1S/C15H26N2O2S/c1-15(2,3)13-7-6-12(20-13)10-17(11-14(18)19)9-8-16(4)5/h6-7H,8-11H2,1-5H3,(H,18,19). The number of carboxylic acids is 1. The van der Waals surface area contributed by atoms with Gasteiger partial charge in [0.15, 0.2) is 0 Å². The van der Waals surface area contributed by atoms with Gasteiger partial charge in [0.1, 0.15) is 0 Å². The molecule has 1 aromatic heterocycles. The van der Waals surface area contributed by atoms with Gasteiger partial charge in [-0.2, -0.15) is 0 Å². The van der Waals surface area contributed by atoms with E-state index >= 15 is 0 Å². The second-order valence-electron chi connectivity index (χ2n) is 6.42. The van der Waals surface area contributed by atoms with E-state index in [0.717, 1.165) is 13.1 Å².